The number of aryl methyl sites for hydroxylation is 1. The Labute approximate surface area is 134 Å². The summed E-state index contributed by atoms with van der Waals surface area (Å²) in [6.45, 7) is 13.2. The molecule has 2 aliphatic heterocycles. The third-order valence-electron chi connectivity index (χ3n) is 4.97. The number of hydrogen-bond acceptors (Lipinski definition) is 4. The van der Waals surface area contributed by atoms with Gasteiger partial charge in [-0.25, -0.2) is 4.98 Å². The monoisotopic (exact) mass is 303 g/mol. The maximum Gasteiger partial charge on any atom is 0.131 e. The molecule has 2 fully saturated rings. The summed E-state index contributed by atoms with van der Waals surface area (Å²) in [5.74, 6) is 1.95. The third kappa shape index (κ3) is 3.79. The summed E-state index contributed by atoms with van der Waals surface area (Å²) in [7, 11) is 0. The molecule has 0 N–H and O–H groups in total. The molecule has 0 bridgehead atoms. The normalized spacial score (nSPS) is 26.1. The molecule has 2 saturated heterocycles. The average Bonchev–Trinajstić information content (AvgIpc) is 2.48. The zero-order chi connectivity index (χ0) is 15.6. The lowest BCUT2D eigenvalue weighted by Crippen LogP contribution is -2.49. The van der Waals surface area contributed by atoms with Gasteiger partial charge in [0.05, 0.1) is 5.60 Å². The lowest BCUT2D eigenvalue weighted by Gasteiger charge is -2.41. The number of aromatic nitrogens is 1. The summed E-state index contributed by atoms with van der Waals surface area (Å²) in [6.07, 6.45) is 4.30. The van der Waals surface area contributed by atoms with Crippen molar-refractivity contribution < 1.29 is 4.74 Å². The van der Waals surface area contributed by atoms with E-state index in [0.29, 0.717) is 0 Å². The first-order valence-electron chi connectivity index (χ1n) is 8.56. The van der Waals surface area contributed by atoms with Crippen LogP contribution in [0.15, 0.2) is 18.3 Å². The van der Waals surface area contributed by atoms with Crippen LogP contribution in [0.4, 0.5) is 5.82 Å². The van der Waals surface area contributed by atoms with E-state index >= 15 is 0 Å². The van der Waals surface area contributed by atoms with Gasteiger partial charge >= 0.3 is 0 Å². The second-order valence-electron chi connectivity index (χ2n) is 7.40. The zero-order valence-electron chi connectivity index (χ0n) is 14.2. The number of piperazine rings is 1. The minimum atomic E-state index is 0.0653. The molecule has 3 rings (SSSR count). The zero-order valence-corrected chi connectivity index (χ0v) is 14.2. The maximum absolute atomic E-state index is 5.84. The summed E-state index contributed by atoms with van der Waals surface area (Å²) in [5.41, 5.74) is 1.35. The minimum absolute atomic E-state index is 0.0653. The molecule has 2 aliphatic rings. The van der Waals surface area contributed by atoms with Crippen LogP contribution in [-0.4, -0.2) is 54.8 Å². The van der Waals surface area contributed by atoms with Gasteiger partial charge in [-0.3, -0.25) is 4.90 Å². The lowest BCUT2D eigenvalue weighted by molar-refractivity contribution is -0.0769. The Morgan fingerprint density at radius 1 is 1.27 bits per heavy atom. The van der Waals surface area contributed by atoms with Gasteiger partial charge in [0.2, 0.25) is 0 Å². The molecule has 0 spiro atoms. The fourth-order valence-corrected chi connectivity index (χ4v) is 3.83. The van der Waals surface area contributed by atoms with Crippen molar-refractivity contribution >= 4 is 5.82 Å². The molecule has 1 atom stereocenters. The van der Waals surface area contributed by atoms with Crippen molar-refractivity contribution in [3.63, 3.8) is 0 Å². The second-order valence-corrected chi connectivity index (χ2v) is 7.40. The molecule has 1 aromatic heterocycles. The van der Waals surface area contributed by atoms with Gasteiger partial charge in [-0.05, 0) is 51.2 Å². The van der Waals surface area contributed by atoms with Gasteiger partial charge in [-0.15, -0.1) is 0 Å². The molecule has 0 aromatic carbocycles. The lowest BCUT2D eigenvalue weighted by atomic mass is 9.88. The van der Waals surface area contributed by atoms with Crippen molar-refractivity contribution in [1.29, 1.82) is 0 Å². The van der Waals surface area contributed by atoms with Crippen molar-refractivity contribution in [2.45, 2.75) is 39.2 Å². The molecule has 0 radical (unpaired) electrons. The van der Waals surface area contributed by atoms with E-state index in [9.17, 15) is 0 Å². The van der Waals surface area contributed by atoms with Crippen LogP contribution in [0.3, 0.4) is 0 Å². The second kappa shape index (κ2) is 6.55. The van der Waals surface area contributed by atoms with E-state index in [2.05, 4.69) is 41.6 Å². The number of rotatable bonds is 3. The fraction of sp³-hybridized carbons (Fsp3) is 0.722. The van der Waals surface area contributed by atoms with E-state index in [1.54, 1.807) is 0 Å². The van der Waals surface area contributed by atoms with Crippen LogP contribution in [0, 0.1) is 12.8 Å². The molecule has 122 valence electrons. The molecule has 3 heterocycles. The maximum atomic E-state index is 5.84. The SMILES string of the molecule is Cc1cccnc1N1CCN(C[C@H]2CCOC(C)(C)C2)CC1. The highest BCUT2D eigenvalue weighted by Crippen LogP contribution is 2.29. The highest BCUT2D eigenvalue weighted by atomic mass is 16.5. The van der Waals surface area contributed by atoms with E-state index in [4.69, 9.17) is 4.74 Å². The summed E-state index contributed by atoms with van der Waals surface area (Å²) >= 11 is 0. The van der Waals surface area contributed by atoms with E-state index < -0.39 is 0 Å². The Kier molecular flexibility index (Phi) is 4.69. The fourth-order valence-electron chi connectivity index (χ4n) is 3.83. The summed E-state index contributed by atoms with van der Waals surface area (Å²) in [6, 6.07) is 4.17. The van der Waals surface area contributed by atoms with Gasteiger partial charge in [0.1, 0.15) is 5.82 Å². The van der Waals surface area contributed by atoms with E-state index in [0.717, 1.165) is 44.5 Å². The average molecular weight is 303 g/mol. The Balaban J connectivity index is 1.51. The van der Waals surface area contributed by atoms with E-state index in [1.807, 2.05) is 12.3 Å². The molecule has 22 heavy (non-hydrogen) atoms. The molecule has 0 aliphatic carbocycles. The Bertz CT molecular complexity index is 495. The van der Waals surface area contributed by atoms with Crippen LogP contribution in [-0.2, 0) is 4.74 Å². The summed E-state index contributed by atoms with van der Waals surface area (Å²) in [4.78, 5) is 9.61. The van der Waals surface area contributed by atoms with Crippen molar-refractivity contribution in [3.8, 4) is 0 Å². The smallest absolute Gasteiger partial charge is 0.131 e. The van der Waals surface area contributed by atoms with Crippen LogP contribution in [0.1, 0.15) is 32.3 Å². The van der Waals surface area contributed by atoms with Gasteiger partial charge < -0.3 is 9.64 Å². The number of nitrogens with zero attached hydrogens (tertiary/aromatic N) is 3. The first kappa shape index (κ1) is 15.8. The van der Waals surface area contributed by atoms with Gasteiger partial charge in [0.25, 0.3) is 0 Å². The molecule has 4 nitrogen and oxygen atoms in total. The molecule has 0 unspecified atom stereocenters. The first-order valence-corrected chi connectivity index (χ1v) is 8.56. The molecule has 1 aromatic rings. The highest BCUT2D eigenvalue weighted by Gasteiger charge is 2.30. The Hall–Kier alpha value is -1.13. The van der Waals surface area contributed by atoms with Crippen molar-refractivity contribution in [2.75, 3.05) is 44.2 Å². The van der Waals surface area contributed by atoms with Gasteiger partial charge in [-0.2, -0.15) is 0 Å². The van der Waals surface area contributed by atoms with Gasteiger partial charge in [0, 0.05) is 45.5 Å². The van der Waals surface area contributed by atoms with Crippen molar-refractivity contribution in [3.05, 3.63) is 23.9 Å². The summed E-state index contributed by atoms with van der Waals surface area (Å²) in [5, 5.41) is 0. The predicted octanol–water partition coefficient (Wildman–Crippen LogP) is 2.72. The van der Waals surface area contributed by atoms with Gasteiger partial charge in [0.15, 0.2) is 0 Å². The highest BCUT2D eigenvalue weighted by molar-refractivity contribution is 5.46. The number of anilines is 1. The summed E-state index contributed by atoms with van der Waals surface area (Å²) < 4.78 is 5.84. The molecule has 0 amide bonds. The Morgan fingerprint density at radius 2 is 2.05 bits per heavy atom. The van der Waals surface area contributed by atoms with E-state index in [-0.39, 0.29) is 5.60 Å². The first-order chi connectivity index (χ1) is 10.5. The molecular weight excluding hydrogens is 274 g/mol. The standard InChI is InChI=1S/C18H29N3O/c1-15-5-4-7-19-17(15)21-10-8-20(9-11-21)14-16-6-12-22-18(2,3)13-16/h4-5,7,16H,6,8-14H2,1-3H3/t16-/m0/s1. The van der Waals surface area contributed by atoms with Crippen LogP contribution in [0.5, 0.6) is 0 Å². The predicted molar refractivity (Wildman–Crippen MR) is 90.4 cm³/mol. The topological polar surface area (TPSA) is 28.6 Å². The van der Waals surface area contributed by atoms with Crippen LogP contribution >= 0.6 is 0 Å². The van der Waals surface area contributed by atoms with E-state index in [1.165, 1.54) is 24.9 Å². The van der Waals surface area contributed by atoms with Crippen LogP contribution < -0.4 is 4.90 Å². The Morgan fingerprint density at radius 3 is 2.73 bits per heavy atom. The molecule has 0 saturated carbocycles. The number of pyridine rings is 1. The number of ether oxygens (including phenoxy) is 1. The van der Waals surface area contributed by atoms with Crippen molar-refractivity contribution in [1.82, 2.24) is 9.88 Å². The quantitative estimate of drug-likeness (QED) is 0.858. The van der Waals surface area contributed by atoms with Crippen LogP contribution in [0.25, 0.3) is 0 Å². The van der Waals surface area contributed by atoms with Crippen LogP contribution in [0.2, 0.25) is 0 Å². The minimum Gasteiger partial charge on any atom is -0.376 e. The largest absolute Gasteiger partial charge is 0.376 e. The number of hydrogen-bond donors (Lipinski definition) is 0. The molecule has 4 heteroatoms. The third-order valence-corrected chi connectivity index (χ3v) is 4.97. The molecular formula is C18H29N3O. The van der Waals surface area contributed by atoms with Gasteiger partial charge in [-0.1, -0.05) is 6.07 Å². The van der Waals surface area contributed by atoms with Crippen molar-refractivity contribution in [2.24, 2.45) is 5.92 Å².